The summed E-state index contributed by atoms with van der Waals surface area (Å²) in [6.45, 7) is 0. The number of carbonyl (C=O) groups is 2. The number of halogens is 1. The maximum Gasteiger partial charge on any atom is 0.331 e. The van der Waals surface area contributed by atoms with Gasteiger partial charge in [-0.15, -0.1) is 12.4 Å². The van der Waals surface area contributed by atoms with E-state index in [1.165, 1.54) is 7.11 Å². The zero-order valence-corrected chi connectivity index (χ0v) is 13.6. The third kappa shape index (κ3) is 4.37. The lowest BCUT2D eigenvalue weighted by molar-refractivity contribution is -0.152. The van der Waals surface area contributed by atoms with Gasteiger partial charge in [0.2, 0.25) is 5.91 Å². The van der Waals surface area contributed by atoms with Gasteiger partial charge in [-0.05, 0) is 30.5 Å². The summed E-state index contributed by atoms with van der Waals surface area (Å²) in [6.07, 6.45) is 4.47. The highest BCUT2D eigenvalue weighted by Crippen LogP contribution is 2.29. The lowest BCUT2D eigenvalue weighted by Gasteiger charge is -2.35. The van der Waals surface area contributed by atoms with Crippen LogP contribution in [0.3, 0.4) is 0 Å². The average molecular weight is 327 g/mol. The number of hydrogen-bond donors (Lipinski definition) is 2. The topological polar surface area (TPSA) is 81.4 Å². The molecular formula is C16H23ClN2O3. The van der Waals surface area contributed by atoms with Gasteiger partial charge in [-0.2, -0.15) is 0 Å². The molecule has 1 aromatic rings. The minimum Gasteiger partial charge on any atom is -0.467 e. The Labute approximate surface area is 137 Å². The zero-order chi connectivity index (χ0) is 15.3. The molecule has 0 heterocycles. The van der Waals surface area contributed by atoms with E-state index >= 15 is 0 Å². The molecule has 0 radical (unpaired) electrons. The standard InChI is InChI=1S/C16H22N2O3.ClH/c1-21-15(20)16(9-3-2-4-10-16)18-14(19)11-12-5-7-13(17)8-6-12;/h5-8H,2-4,9-11,17H2,1H3,(H,18,19);1H. The Morgan fingerprint density at radius 1 is 1.18 bits per heavy atom. The molecule has 0 spiro atoms. The number of amides is 1. The molecule has 1 aromatic carbocycles. The predicted molar refractivity (Wildman–Crippen MR) is 87.8 cm³/mol. The number of carbonyl (C=O) groups excluding carboxylic acids is 2. The van der Waals surface area contributed by atoms with Crippen molar-refractivity contribution < 1.29 is 14.3 Å². The normalized spacial score (nSPS) is 16.2. The number of nitrogens with two attached hydrogens (primary N) is 1. The van der Waals surface area contributed by atoms with E-state index in [1.54, 1.807) is 12.1 Å². The van der Waals surface area contributed by atoms with Gasteiger partial charge in [0.15, 0.2) is 0 Å². The van der Waals surface area contributed by atoms with E-state index in [9.17, 15) is 9.59 Å². The molecule has 1 aliphatic rings. The lowest BCUT2D eigenvalue weighted by Crippen LogP contribution is -2.56. The number of rotatable bonds is 4. The summed E-state index contributed by atoms with van der Waals surface area (Å²) in [5.74, 6) is -0.500. The van der Waals surface area contributed by atoms with Crippen LogP contribution in [0.2, 0.25) is 0 Å². The highest BCUT2D eigenvalue weighted by Gasteiger charge is 2.41. The maximum atomic E-state index is 12.2. The van der Waals surface area contributed by atoms with E-state index in [4.69, 9.17) is 10.5 Å². The van der Waals surface area contributed by atoms with Gasteiger partial charge in [-0.25, -0.2) is 4.79 Å². The second kappa shape index (κ2) is 8.03. The van der Waals surface area contributed by atoms with E-state index in [-0.39, 0.29) is 30.7 Å². The van der Waals surface area contributed by atoms with Gasteiger partial charge in [0.25, 0.3) is 0 Å². The molecule has 1 aliphatic carbocycles. The third-order valence-electron chi connectivity index (χ3n) is 4.01. The monoisotopic (exact) mass is 326 g/mol. The van der Waals surface area contributed by atoms with E-state index in [0.29, 0.717) is 18.5 Å². The molecule has 1 amide bonds. The van der Waals surface area contributed by atoms with Crippen molar-refractivity contribution in [2.24, 2.45) is 0 Å². The summed E-state index contributed by atoms with van der Waals surface area (Å²) in [5, 5.41) is 2.90. The minimum atomic E-state index is -0.849. The van der Waals surface area contributed by atoms with Gasteiger partial charge in [0.05, 0.1) is 13.5 Å². The summed E-state index contributed by atoms with van der Waals surface area (Å²) < 4.78 is 4.89. The predicted octanol–water partition coefficient (Wildman–Crippen LogP) is 2.23. The molecule has 6 heteroatoms. The van der Waals surface area contributed by atoms with E-state index < -0.39 is 5.54 Å². The van der Waals surface area contributed by atoms with Crippen molar-refractivity contribution in [3.63, 3.8) is 0 Å². The SMILES string of the molecule is COC(=O)C1(NC(=O)Cc2ccc(N)cc2)CCCCC1.Cl. The van der Waals surface area contributed by atoms with Crippen molar-refractivity contribution in [2.45, 2.75) is 44.1 Å². The largest absolute Gasteiger partial charge is 0.467 e. The molecule has 3 N–H and O–H groups in total. The molecule has 0 bridgehead atoms. The van der Waals surface area contributed by atoms with Crippen molar-refractivity contribution >= 4 is 30.0 Å². The lowest BCUT2D eigenvalue weighted by atomic mass is 9.81. The second-order valence-electron chi connectivity index (χ2n) is 5.60. The first-order chi connectivity index (χ1) is 10.1. The van der Waals surface area contributed by atoms with Crippen LogP contribution in [0.15, 0.2) is 24.3 Å². The number of nitrogens with one attached hydrogen (secondary N) is 1. The van der Waals surface area contributed by atoms with E-state index in [1.807, 2.05) is 12.1 Å². The molecule has 0 aliphatic heterocycles. The second-order valence-corrected chi connectivity index (χ2v) is 5.60. The van der Waals surface area contributed by atoms with Gasteiger partial charge in [-0.1, -0.05) is 31.4 Å². The summed E-state index contributed by atoms with van der Waals surface area (Å²) in [7, 11) is 1.37. The fraction of sp³-hybridized carbons (Fsp3) is 0.500. The number of esters is 1. The highest BCUT2D eigenvalue weighted by atomic mass is 35.5. The molecule has 122 valence electrons. The van der Waals surface area contributed by atoms with Crippen molar-refractivity contribution in [1.29, 1.82) is 0 Å². The van der Waals surface area contributed by atoms with Crippen LogP contribution in [0.1, 0.15) is 37.7 Å². The third-order valence-corrected chi connectivity index (χ3v) is 4.01. The molecular weight excluding hydrogens is 304 g/mol. The van der Waals surface area contributed by atoms with Crippen LogP contribution in [-0.2, 0) is 20.7 Å². The molecule has 0 atom stereocenters. The average Bonchev–Trinajstić information content (AvgIpc) is 2.49. The van der Waals surface area contributed by atoms with E-state index in [0.717, 1.165) is 24.8 Å². The maximum absolute atomic E-state index is 12.2. The van der Waals surface area contributed by atoms with Gasteiger partial charge < -0.3 is 15.8 Å². The van der Waals surface area contributed by atoms with Crippen LogP contribution in [0.5, 0.6) is 0 Å². The Morgan fingerprint density at radius 3 is 2.32 bits per heavy atom. The van der Waals surface area contributed by atoms with Gasteiger partial charge in [0, 0.05) is 5.69 Å². The van der Waals surface area contributed by atoms with Crippen molar-refractivity contribution in [1.82, 2.24) is 5.32 Å². The Balaban J connectivity index is 0.00000242. The van der Waals surface area contributed by atoms with Crippen molar-refractivity contribution in [3.8, 4) is 0 Å². The molecule has 5 nitrogen and oxygen atoms in total. The molecule has 22 heavy (non-hydrogen) atoms. The number of benzene rings is 1. The Kier molecular flexibility index (Phi) is 6.68. The fourth-order valence-corrected chi connectivity index (χ4v) is 2.86. The first-order valence-corrected chi connectivity index (χ1v) is 7.29. The van der Waals surface area contributed by atoms with E-state index in [2.05, 4.69) is 5.32 Å². The van der Waals surface area contributed by atoms with Gasteiger partial charge in [0.1, 0.15) is 5.54 Å². The number of nitrogen functional groups attached to an aromatic ring is 1. The highest BCUT2D eigenvalue weighted by molar-refractivity contribution is 5.89. The molecule has 0 saturated heterocycles. The molecule has 1 fully saturated rings. The van der Waals surface area contributed by atoms with Crippen LogP contribution < -0.4 is 11.1 Å². The van der Waals surface area contributed by atoms with Crippen LogP contribution >= 0.6 is 12.4 Å². The van der Waals surface area contributed by atoms with Crippen molar-refractivity contribution in [3.05, 3.63) is 29.8 Å². The first-order valence-electron chi connectivity index (χ1n) is 7.29. The van der Waals surface area contributed by atoms with Crippen LogP contribution in [0, 0.1) is 0 Å². The molecule has 2 rings (SSSR count). The van der Waals surface area contributed by atoms with Crippen LogP contribution in [0.25, 0.3) is 0 Å². The quantitative estimate of drug-likeness (QED) is 0.656. The van der Waals surface area contributed by atoms with Gasteiger partial charge >= 0.3 is 5.97 Å². The summed E-state index contributed by atoms with van der Waals surface area (Å²) in [4.78, 5) is 24.3. The molecule has 0 unspecified atom stereocenters. The van der Waals surface area contributed by atoms with Crippen molar-refractivity contribution in [2.75, 3.05) is 12.8 Å². The summed E-state index contributed by atoms with van der Waals surface area (Å²) >= 11 is 0. The number of anilines is 1. The number of methoxy groups -OCH3 is 1. The smallest absolute Gasteiger partial charge is 0.331 e. The Hall–Kier alpha value is -1.75. The Bertz CT molecular complexity index is 511. The summed E-state index contributed by atoms with van der Waals surface area (Å²) in [5.41, 5.74) is 6.31. The molecule has 0 aromatic heterocycles. The number of ether oxygens (including phenoxy) is 1. The number of hydrogen-bond acceptors (Lipinski definition) is 4. The fourth-order valence-electron chi connectivity index (χ4n) is 2.86. The molecule has 1 saturated carbocycles. The first kappa shape index (κ1) is 18.3. The Morgan fingerprint density at radius 2 is 1.77 bits per heavy atom. The van der Waals surface area contributed by atoms with Gasteiger partial charge in [-0.3, -0.25) is 4.79 Å². The minimum absolute atomic E-state index is 0. The zero-order valence-electron chi connectivity index (χ0n) is 12.8. The van der Waals surface area contributed by atoms with Crippen LogP contribution in [-0.4, -0.2) is 24.5 Å². The van der Waals surface area contributed by atoms with Crippen LogP contribution in [0.4, 0.5) is 5.69 Å². The summed E-state index contributed by atoms with van der Waals surface area (Å²) in [6, 6.07) is 7.17.